The Bertz CT molecular complexity index is 2470. The Balaban J connectivity index is 1.62. The van der Waals surface area contributed by atoms with Crippen molar-refractivity contribution in [3.05, 3.63) is 194 Å². The minimum absolute atomic E-state index is 0.220. The summed E-state index contributed by atoms with van der Waals surface area (Å²) in [4.78, 5) is 26.3. The Morgan fingerprint density at radius 2 is 0.619 bits per heavy atom. The lowest BCUT2D eigenvalue weighted by atomic mass is 9.79. The molecule has 0 unspecified atom stereocenters. The van der Waals surface area contributed by atoms with E-state index in [9.17, 15) is 9.59 Å². The molecule has 2 nitrogen and oxygen atoms in total. The molecule has 7 aromatic carbocycles. The van der Waals surface area contributed by atoms with Crippen LogP contribution in [0.25, 0.3) is 44.5 Å². The van der Waals surface area contributed by atoms with Gasteiger partial charge in [-0.2, -0.15) is 0 Å². The topological polar surface area (TPSA) is 40.5 Å². The number of hydrogen-bond acceptors (Lipinski definition) is 2. The lowest BCUT2D eigenvalue weighted by molar-refractivity contribution is 0.334. The summed E-state index contributed by atoms with van der Waals surface area (Å²) in [5.74, 6) is 0. The third-order valence-electron chi connectivity index (χ3n) is 13.7. The van der Waals surface area contributed by atoms with E-state index in [1.165, 1.54) is 106 Å². The molecule has 7 aromatic rings. The smallest absolute Gasteiger partial charge is 0.373 e. The van der Waals surface area contributed by atoms with E-state index in [1.807, 2.05) is 20.8 Å². The van der Waals surface area contributed by atoms with Gasteiger partial charge in [0, 0.05) is 10.2 Å². The predicted molar refractivity (Wildman–Crippen MR) is 273 cm³/mol. The van der Waals surface area contributed by atoms with Crippen molar-refractivity contribution in [1.29, 1.82) is 0 Å². The summed E-state index contributed by atoms with van der Waals surface area (Å²) in [7, 11) is -4.23. The van der Waals surface area contributed by atoms with Crippen molar-refractivity contribution in [3.63, 3.8) is 0 Å². The molecule has 0 saturated heterocycles. The second-order valence-corrected chi connectivity index (χ2v) is 23.8. The van der Waals surface area contributed by atoms with Gasteiger partial charge in [0.1, 0.15) is 0 Å². The molecular weight excluding hydrogens is 781 g/mol. The van der Waals surface area contributed by atoms with Crippen molar-refractivity contribution in [3.8, 4) is 44.5 Å². The van der Waals surface area contributed by atoms with Gasteiger partial charge in [-0.05, 0) is 190 Å². The summed E-state index contributed by atoms with van der Waals surface area (Å²) in [5.41, 5.74) is 24.9. The fraction of sp³-hybridized carbons (Fsp3) is 0.300. The molecular formula is C60H68O2Si. The first-order chi connectivity index (χ1) is 29.6. The SMILES string of the molecule is Cc1cccc(C)c1-c1cccc(-c2c(C)cccc2C)c1Cc1cc(C(C)(C)C)cc(Cc2c(-c3c(C)cccc3C)cccc2-c2c(C)cccc2C)c1[Si](O)(O)C(C)(C)C. The molecule has 2 N–H and O–H groups in total. The van der Waals surface area contributed by atoms with Crippen LogP contribution in [0.3, 0.4) is 0 Å². The molecule has 0 radical (unpaired) electrons. The summed E-state index contributed by atoms with van der Waals surface area (Å²) >= 11 is 0. The van der Waals surface area contributed by atoms with Crippen LogP contribution in [-0.2, 0) is 18.3 Å². The van der Waals surface area contributed by atoms with Crippen LogP contribution in [0.2, 0.25) is 5.04 Å². The second-order valence-electron chi connectivity index (χ2n) is 20.4. The molecule has 7 rings (SSSR count). The third kappa shape index (κ3) is 8.68. The molecule has 0 fully saturated rings. The van der Waals surface area contributed by atoms with E-state index in [4.69, 9.17) is 0 Å². The van der Waals surface area contributed by atoms with Crippen LogP contribution in [0.1, 0.15) is 114 Å². The Kier molecular flexibility index (Phi) is 12.6. The minimum Gasteiger partial charge on any atom is -0.407 e. The largest absolute Gasteiger partial charge is 0.407 e. The molecule has 0 aromatic heterocycles. The molecule has 324 valence electrons. The molecule has 0 saturated carbocycles. The molecule has 63 heavy (non-hydrogen) atoms. The molecule has 3 heteroatoms. The Labute approximate surface area is 380 Å². The number of benzene rings is 7. The molecule has 0 heterocycles. The monoisotopic (exact) mass is 848 g/mol. The highest BCUT2D eigenvalue weighted by Gasteiger charge is 2.48. The first kappa shape index (κ1) is 45.7. The van der Waals surface area contributed by atoms with Crippen LogP contribution < -0.4 is 5.19 Å². The molecule has 0 bridgehead atoms. The van der Waals surface area contributed by atoms with E-state index in [2.05, 4.69) is 197 Å². The minimum atomic E-state index is -4.23. The number of aryl methyl sites for hydroxylation is 8. The van der Waals surface area contributed by atoms with Crippen LogP contribution in [0, 0.1) is 55.4 Å². The highest BCUT2D eigenvalue weighted by molar-refractivity contribution is 6.82. The quantitative estimate of drug-likeness (QED) is 0.142. The Morgan fingerprint density at radius 1 is 0.381 bits per heavy atom. The molecule has 0 aliphatic rings. The summed E-state index contributed by atoms with van der Waals surface area (Å²) in [5, 5.41) is -0.0568. The van der Waals surface area contributed by atoms with Crippen LogP contribution >= 0.6 is 0 Å². The van der Waals surface area contributed by atoms with Gasteiger partial charge in [0.15, 0.2) is 0 Å². The van der Waals surface area contributed by atoms with Crippen molar-refractivity contribution < 1.29 is 9.59 Å². The van der Waals surface area contributed by atoms with E-state index in [0.29, 0.717) is 12.8 Å². The van der Waals surface area contributed by atoms with Crippen LogP contribution in [0.4, 0.5) is 0 Å². The Hall–Kier alpha value is -5.32. The molecule has 0 amide bonds. The summed E-state index contributed by atoms with van der Waals surface area (Å²) in [6.45, 7) is 30.5. The average molecular weight is 849 g/mol. The Morgan fingerprint density at radius 3 is 0.841 bits per heavy atom. The van der Waals surface area contributed by atoms with Crippen molar-refractivity contribution in [2.75, 3.05) is 0 Å². The second kappa shape index (κ2) is 17.3. The van der Waals surface area contributed by atoms with E-state index in [-0.39, 0.29) is 5.41 Å². The van der Waals surface area contributed by atoms with E-state index < -0.39 is 13.6 Å². The van der Waals surface area contributed by atoms with Gasteiger partial charge in [0.05, 0.1) is 0 Å². The maximum Gasteiger partial charge on any atom is 0.373 e. The van der Waals surface area contributed by atoms with Crippen LogP contribution in [0.5, 0.6) is 0 Å². The lowest BCUT2D eigenvalue weighted by Crippen LogP contribution is -2.58. The fourth-order valence-corrected chi connectivity index (χ4v) is 12.1. The van der Waals surface area contributed by atoms with Crippen molar-refractivity contribution in [2.45, 2.75) is 120 Å². The van der Waals surface area contributed by atoms with Gasteiger partial charge in [0.25, 0.3) is 0 Å². The maximum absolute atomic E-state index is 13.1. The zero-order chi connectivity index (χ0) is 45.8. The molecule has 0 aliphatic heterocycles. The first-order valence-electron chi connectivity index (χ1n) is 22.7. The standard InChI is InChI=1S/C60H68O2Si/c1-37-21-15-22-38(2)54(37)48-29-19-30-49(55-39(3)23-16-24-40(55)4)52(48)35-45-33-47(59(9,10)11)34-46(58(45)63(61,62)60(12,13)14)36-53-50(56-41(5)25-17-26-42(56)6)31-20-32-51(53)57-43(7)27-18-28-44(57)8/h15-34,61-62H,35-36H2,1-14H3. The number of rotatable bonds is 9. The van der Waals surface area contributed by atoms with E-state index in [0.717, 1.165) is 16.3 Å². The molecule has 0 atom stereocenters. The number of hydrogen-bond donors (Lipinski definition) is 2. The van der Waals surface area contributed by atoms with Gasteiger partial charge in [-0.25, -0.2) is 0 Å². The summed E-state index contributed by atoms with van der Waals surface area (Å²) < 4.78 is 0. The molecule has 0 aliphatic carbocycles. The van der Waals surface area contributed by atoms with E-state index >= 15 is 0 Å². The van der Waals surface area contributed by atoms with Gasteiger partial charge in [-0.1, -0.05) is 163 Å². The van der Waals surface area contributed by atoms with Crippen molar-refractivity contribution in [1.82, 2.24) is 0 Å². The molecule has 0 spiro atoms. The summed E-state index contributed by atoms with van der Waals surface area (Å²) in [6.07, 6.45) is 1.07. The normalized spacial score (nSPS) is 12.3. The van der Waals surface area contributed by atoms with Gasteiger partial charge in [0.2, 0.25) is 0 Å². The van der Waals surface area contributed by atoms with Gasteiger partial charge in [-0.3, -0.25) is 0 Å². The lowest BCUT2D eigenvalue weighted by Gasteiger charge is -2.37. The predicted octanol–water partition coefficient (Wildman–Crippen LogP) is 14.7. The van der Waals surface area contributed by atoms with Gasteiger partial charge in [-0.15, -0.1) is 0 Å². The maximum atomic E-state index is 13.1. The third-order valence-corrected chi connectivity index (χ3v) is 17.1. The highest BCUT2D eigenvalue weighted by atomic mass is 28.4. The van der Waals surface area contributed by atoms with Crippen LogP contribution in [-0.4, -0.2) is 18.2 Å². The first-order valence-corrected chi connectivity index (χ1v) is 24.6. The van der Waals surface area contributed by atoms with Crippen molar-refractivity contribution in [2.24, 2.45) is 0 Å². The van der Waals surface area contributed by atoms with Gasteiger partial charge < -0.3 is 9.59 Å². The van der Waals surface area contributed by atoms with Gasteiger partial charge >= 0.3 is 8.56 Å². The van der Waals surface area contributed by atoms with Crippen LogP contribution in [0.15, 0.2) is 121 Å². The van der Waals surface area contributed by atoms with Crippen molar-refractivity contribution >= 4 is 13.7 Å². The summed E-state index contributed by atoms with van der Waals surface area (Å²) in [6, 6.07) is 44.4. The zero-order valence-corrected chi connectivity index (χ0v) is 41.4. The zero-order valence-electron chi connectivity index (χ0n) is 40.4. The fourth-order valence-electron chi connectivity index (χ4n) is 10.1. The van der Waals surface area contributed by atoms with E-state index in [1.54, 1.807) is 0 Å². The highest BCUT2D eigenvalue weighted by Crippen LogP contribution is 2.44. The average Bonchev–Trinajstić information content (AvgIpc) is 3.18.